The van der Waals surface area contributed by atoms with Crippen LogP contribution in [0.4, 0.5) is 0 Å². The molecule has 0 aliphatic heterocycles. The van der Waals surface area contributed by atoms with Gasteiger partial charge < -0.3 is 15.4 Å². The molecule has 0 fully saturated rings. The Morgan fingerprint density at radius 3 is 2.95 bits per heavy atom. The van der Waals surface area contributed by atoms with Crippen LogP contribution in [0.25, 0.3) is 0 Å². The number of hydrogen-bond donors (Lipinski definition) is 3. The number of carbonyl (C=O) groups excluding carboxylic acids is 1. The zero-order valence-corrected chi connectivity index (χ0v) is 10.8. The minimum Gasteiger partial charge on any atom is -0.480 e. The van der Waals surface area contributed by atoms with Gasteiger partial charge in [-0.2, -0.15) is 0 Å². The molecule has 0 saturated heterocycles. The van der Waals surface area contributed by atoms with Crippen molar-refractivity contribution in [3.63, 3.8) is 0 Å². The Kier molecular flexibility index (Phi) is 4.30. The molecule has 2 heterocycles. The number of carbonyl (C=O) groups is 2. The number of carboxylic acids is 1. The first kappa shape index (κ1) is 13.3. The lowest BCUT2D eigenvalue weighted by Gasteiger charge is -2.13. The van der Waals surface area contributed by atoms with E-state index >= 15 is 0 Å². The van der Waals surface area contributed by atoms with Crippen molar-refractivity contribution in [2.45, 2.75) is 18.9 Å². The molecule has 1 atom stereocenters. The van der Waals surface area contributed by atoms with E-state index in [-0.39, 0.29) is 18.7 Å². The molecule has 0 saturated carbocycles. The van der Waals surface area contributed by atoms with Crippen LogP contribution in [0.15, 0.2) is 30.0 Å². The summed E-state index contributed by atoms with van der Waals surface area (Å²) in [6.45, 7) is 0. The highest BCUT2D eigenvalue weighted by Gasteiger charge is 2.21. The summed E-state index contributed by atoms with van der Waals surface area (Å²) in [5, 5.41) is 13.5. The summed E-state index contributed by atoms with van der Waals surface area (Å²) in [5.41, 5.74) is 0.670. The molecule has 0 radical (unpaired) electrons. The predicted octanol–water partition coefficient (Wildman–Crippen LogP) is 0.826. The van der Waals surface area contributed by atoms with Gasteiger partial charge in [-0.05, 0) is 11.4 Å². The van der Waals surface area contributed by atoms with Gasteiger partial charge in [0.15, 0.2) is 0 Å². The third kappa shape index (κ3) is 3.92. The molecule has 0 bridgehead atoms. The predicted molar refractivity (Wildman–Crippen MR) is 69.9 cm³/mol. The smallest absolute Gasteiger partial charge is 0.326 e. The van der Waals surface area contributed by atoms with E-state index in [1.165, 1.54) is 17.7 Å². The lowest BCUT2D eigenvalue weighted by atomic mass is 10.1. The van der Waals surface area contributed by atoms with E-state index in [1.54, 1.807) is 6.20 Å². The normalized spacial score (nSPS) is 12.0. The lowest BCUT2D eigenvalue weighted by Crippen LogP contribution is -2.43. The Morgan fingerprint density at radius 2 is 2.37 bits per heavy atom. The molecule has 2 rings (SSSR count). The average molecular weight is 279 g/mol. The topological polar surface area (TPSA) is 95.1 Å². The number of rotatable bonds is 6. The number of nitrogens with zero attached hydrogens (tertiary/aromatic N) is 1. The zero-order chi connectivity index (χ0) is 13.7. The van der Waals surface area contributed by atoms with Gasteiger partial charge in [0.2, 0.25) is 5.91 Å². The Bertz CT molecular complexity index is 537. The zero-order valence-electron chi connectivity index (χ0n) is 10.00. The third-order valence-corrected chi connectivity index (χ3v) is 3.40. The van der Waals surface area contributed by atoms with Crippen LogP contribution in [0, 0.1) is 0 Å². The number of hydrogen-bond acceptors (Lipinski definition) is 4. The van der Waals surface area contributed by atoms with Gasteiger partial charge in [-0.1, -0.05) is 6.07 Å². The molecule has 0 aromatic carbocycles. The van der Waals surface area contributed by atoms with Crippen LogP contribution in [0.2, 0.25) is 0 Å². The van der Waals surface area contributed by atoms with Gasteiger partial charge in [-0.25, -0.2) is 9.78 Å². The molecule has 7 heteroatoms. The average Bonchev–Trinajstić information content (AvgIpc) is 3.00. The minimum atomic E-state index is -1.06. The van der Waals surface area contributed by atoms with E-state index in [9.17, 15) is 9.59 Å². The first-order chi connectivity index (χ1) is 9.15. The first-order valence-electron chi connectivity index (χ1n) is 5.67. The van der Waals surface area contributed by atoms with E-state index in [0.29, 0.717) is 5.69 Å². The van der Waals surface area contributed by atoms with Crippen LogP contribution < -0.4 is 5.32 Å². The van der Waals surface area contributed by atoms with E-state index in [2.05, 4.69) is 15.3 Å². The number of thiophene rings is 1. The van der Waals surface area contributed by atoms with Gasteiger partial charge in [0.25, 0.3) is 0 Å². The second-order valence-electron chi connectivity index (χ2n) is 4.00. The van der Waals surface area contributed by atoms with Crippen LogP contribution in [0.5, 0.6) is 0 Å². The van der Waals surface area contributed by atoms with Crippen molar-refractivity contribution in [1.29, 1.82) is 0 Å². The Balaban J connectivity index is 1.93. The van der Waals surface area contributed by atoms with Gasteiger partial charge in [0.1, 0.15) is 6.04 Å². The lowest BCUT2D eigenvalue weighted by molar-refractivity contribution is -0.141. The second kappa shape index (κ2) is 6.14. The highest BCUT2D eigenvalue weighted by atomic mass is 32.1. The molecule has 0 aliphatic carbocycles. The van der Waals surface area contributed by atoms with Gasteiger partial charge in [-0.3, -0.25) is 4.79 Å². The van der Waals surface area contributed by atoms with Crippen LogP contribution in [0.3, 0.4) is 0 Å². The van der Waals surface area contributed by atoms with Gasteiger partial charge >= 0.3 is 5.97 Å². The fourth-order valence-corrected chi connectivity index (χ4v) is 2.34. The van der Waals surface area contributed by atoms with E-state index in [4.69, 9.17) is 5.11 Å². The molecule has 2 aromatic heterocycles. The van der Waals surface area contributed by atoms with Crippen molar-refractivity contribution < 1.29 is 14.7 Å². The van der Waals surface area contributed by atoms with Gasteiger partial charge in [0, 0.05) is 23.2 Å². The minimum absolute atomic E-state index is 0.186. The SMILES string of the molecule is O=C(Cc1cccs1)NC(Cc1cnc[nH]1)C(=O)O. The molecule has 3 N–H and O–H groups in total. The largest absolute Gasteiger partial charge is 0.480 e. The molecular weight excluding hydrogens is 266 g/mol. The number of nitrogens with one attached hydrogen (secondary N) is 2. The number of amides is 1. The summed E-state index contributed by atoms with van der Waals surface area (Å²) in [6, 6.07) is 2.74. The molecule has 1 amide bonds. The fourth-order valence-electron chi connectivity index (χ4n) is 1.63. The van der Waals surface area contributed by atoms with Crippen LogP contribution >= 0.6 is 11.3 Å². The number of H-pyrrole nitrogens is 1. The highest BCUT2D eigenvalue weighted by Crippen LogP contribution is 2.09. The molecule has 0 spiro atoms. The van der Waals surface area contributed by atoms with Crippen molar-refractivity contribution >= 4 is 23.2 Å². The molecule has 6 nitrogen and oxygen atoms in total. The molecule has 100 valence electrons. The summed E-state index contributed by atoms with van der Waals surface area (Å²) in [4.78, 5) is 30.4. The summed E-state index contributed by atoms with van der Waals surface area (Å²) >= 11 is 1.47. The van der Waals surface area contributed by atoms with Crippen molar-refractivity contribution in [1.82, 2.24) is 15.3 Å². The quantitative estimate of drug-likeness (QED) is 0.729. The summed E-state index contributed by atoms with van der Waals surface area (Å²) in [6.07, 6.45) is 3.40. The number of aliphatic carboxylic acids is 1. The Morgan fingerprint density at radius 1 is 1.53 bits per heavy atom. The highest BCUT2D eigenvalue weighted by molar-refractivity contribution is 7.10. The molecular formula is C12H13N3O3S. The summed E-state index contributed by atoms with van der Waals surface area (Å²) in [5.74, 6) is -1.36. The maximum atomic E-state index is 11.8. The number of aromatic amines is 1. The summed E-state index contributed by atoms with van der Waals surface area (Å²) < 4.78 is 0. The third-order valence-electron chi connectivity index (χ3n) is 2.53. The van der Waals surface area contributed by atoms with Crippen LogP contribution in [-0.2, 0) is 22.4 Å². The Hall–Kier alpha value is -2.15. The van der Waals surface area contributed by atoms with E-state index in [1.807, 2.05) is 17.5 Å². The number of aromatic nitrogens is 2. The van der Waals surface area contributed by atoms with E-state index in [0.717, 1.165) is 4.88 Å². The number of carboxylic acid groups (broad SMARTS) is 1. The summed E-state index contributed by atoms with van der Waals surface area (Å²) in [7, 11) is 0. The van der Waals surface area contributed by atoms with Crippen molar-refractivity contribution in [3.05, 3.63) is 40.6 Å². The van der Waals surface area contributed by atoms with E-state index < -0.39 is 12.0 Å². The number of imidazole rings is 1. The maximum absolute atomic E-state index is 11.8. The molecule has 0 aliphatic rings. The monoisotopic (exact) mass is 279 g/mol. The van der Waals surface area contributed by atoms with Crippen LogP contribution in [-0.4, -0.2) is 33.0 Å². The molecule has 19 heavy (non-hydrogen) atoms. The van der Waals surface area contributed by atoms with Crippen molar-refractivity contribution in [3.8, 4) is 0 Å². The molecule has 1 unspecified atom stereocenters. The fraction of sp³-hybridized carbons (Fsp3) is 0.250. The Labute approximate surface area is 113 Å². The van der Waals surface area contributed by atoms with Gasteiger partial charge in [0.05, 0.1) is 12.7 Å². The first-order valence-corrected chi connectivity index (χ1v) is 6.55. The van der Waals surface area contributed by atoms with Crippen LogP contribution in [0.1, 0.15) is 10.6 Å². The maximum Gasteiger partial charge on any atom is 0.326 e. The standard InChI is InChI=1S/C12H13N3O3S/c16-11(5-9-2-1-3-19-9)15-10(12(17)18)4-8-6-13-7-14-8/h1-3,6-7,10H,4-5H2,(H,13,14)(H,15,16)(H,17,18). The van der Waals surface area contributed by atoms with Gasteiger partial charge in [-0.15, -0.1) is 11.3 Å². The second-order valence-corrected chi connectivity index (χ2v) is 5.03. The van der Waals surface area contributed by atoms with Crippen molar-refractivity contribution in [2.75, 3.05) is 0 Å². The van der Waals surface area contributed by atoms with Crippen molar-refractivity contribution in [2.24, 2.45) is 0 Å². The molecule has 2 aromatic rings.